The second-order valence-electron chi connectivity index (χ2n) is 3.99. The van der Waals surface area contributed by atoms with E-state index in [1.165, 1.54) is 18.7 Å². The highest BCUT2D eigenvalue weighted by Gasteiger charge is 2.22. The fraction of sp³-hybridized carbons (Fsp3) is 0.167. The fourth-order valence-corrected chi connectivity index (χ4v) is 2.04. The number of pyridine rings is 1. The van der Waals surface area contributed by atoms with Gasteiger partial charge in [0, 0.05) is 24.5 Å². The summed E-state index contributed by atoms with van der Waals surface area (Å²) in [6, 6.07) is 2.11. The predicted molar refractivity (Wildman–Crippen MR) is 73.1 cm³/mol. The van der Waals surface area contributed by atoms with Gasteiger partial charge in [0.2, 0.25) is 0 Å². The molecular formula is C12H11BrN4O3. The number of carboxylic acids is 1. The van der Waals surface area contributed by atoms with E-state index in [1.54, 1.807) is 12.1 Å². The lowest BCUT2D eigenvalue weighted by Crippen LogP contribution is -2.42. The number of carboxylic acid groups (broad SMARTS) is 1. The van der Waals surface area contributed by atoms with Crippen molar-refractivity contribution in [1.82, 2.24) is 20.3 Å². The molecule has 0 aliphatic carbocycles. The number of rotatable bonds is 5. The van der Waals surface area contributed by atoms with Crippen LogP contribution in [0.15, 0.2) is 35.5 Å². The molecule has 0 aliphatic heterocycles. The summed E-state index contributed by atoms with van der Waals surface area (Å²) in [6.45, 7) is 0. The Morgan fingerprint density at radius 3 is 2.90 bits per heavy atom. The Labute approximate surface area is 122 Å². The molecule has 7 nitrogen and oxygen atoms in total. The number of aromatic amines is 1. The molecule has 2 heterocycles. The Kier molecular flexibility index (Phi) is 4.46. The maximum absolute atomic E-state index is 12.0. The second kappa shape index (κ2) is 6.29. The number of halogens is 1. The molecule has 2 aromatic heterocycles. The number of amides is 1. The SMILES string of the molecule is O=C(NC(Cc1cnc[nH]1)C(=O)O)c1cccnc1Br. The van der Waals surface area contributed by atoms with Crippen LogP contribution in [-0.2, 0) is 11.2 Å². The Morgan fingerprint density at radius 1 is 1.50 bits per heavy atom. The van der Waals surface area contributed by atoms with Gasteiger partial charge in [0.05, 0.1) is 11.9 Å². The largest absolute Gasteiger partial charge is 0.480 e. The zero-order valence-corrected chi connectivity index (χ0v) is 11.8. The van der Waals surface area contributed by atoms with E-state index in [4.69, 9.17) is 5.11 Å². The number of carbonyl (C=O) groups excluding carboxylic acids is 1. The Hall–Kier alpha value is -2.22. The molecule has 1 amide bonds. The van der Waals surface area contributed by atoms with Crippen molar-refractivity contribution in [2.24, 2.45) is 0 Å². The van der Waals surface area contributed by atoms with E-state index in [1.807, 2.05) is 0 Å². The van der Waals surface area contributed by atoms with E-state index in [0.717, 1.165) is 0 Å². The van der Waals surface area contributed by atoms with Gasteiger partial charge in [-0.1, -0.05) is 0 Å². The van der Waals surface area contributed by atoms with Gasteiger partial charge >= 0.3 is 5.97 Å². The number of aliphatic carboxylic acids is 1. The van der Waals surface area contributed by atoms with E-state index in [9.17, 15) is 9.59 Å². The minimum atomic E-state index is -1.12. The molecule has 1 unspecified atom stereocenters. The number of hydrogen-bond donors (Lipinski definition) is 3. The minimum Gasteiger partial charge on any atom is -0.480 e. The molecule has 2 rings (SSSR count). The van der Waals surface area contributed by atoms with Crippen LogP contribution in [0.5, 0.6) is 0 Å². The van der Waals surface area contributed by atoms with Gasteiger partial charge in [0.15, 0.2) is 0 Å². The predicted octanol–water partition coefficient (Wildman–Crippen LogP) is 0.993. The first-order valence-electron chi connectivity index (χ1n) is 5.69. The van der Waals surface area contributed by atoms with Crippen LogP contribution in [0.4, 0.5) is 0 Å². The van der Waals surface area contributed by atoms with Gasteiger partial charge in [0.25, 0.3) is 5.91 Å². The van der Waals surface area contributed by atoms with E-state index in [2.05, 4.69) is 36.2 Å². The third-order valence-electron chi connectivity index (χ3n) is 2.59. The normalized spacial score (nSPS) is 11.8. The van der Waals surface area contributed by atoms with Crippen LogP contribution >= 0.6 is 15.9 Å². The molecule has 0 aliphatic rings. The van der Waals surface area contributed by atoms with Crippen molar-refractivity contribution in [3.8, 4) is 0 Å². The van der Waals surface area contributed by atoms with Crippen molar-refractivity contribution in [3.05, 3.63) is 46.7 Å². The van der Waals surface area contributed by atoms with Crippen molar-refractivity contribution in [1.29, 1.82) is 0 Å². The van der Waals surface area contributed by atoms with Gasteiger partial charge in [-0.3, -0.25) is 4.79 Å². The average Bonchev–Trinajstić information content (AvgIpc) is 2.91. The molecular weight excluding hydrogens is 328 g/mol. The van der Waals surface area contributed by atoms with Gasteiger partial charge in [-0.2, -0.15) is 0 Å². The lowest BCUT2D eigenvalue weighted by molar-refractivity contribution is -0.139. The number of nitrogens with one attached hydrogen (secondary N) is 2. The topological polar surface area (TPSA) is 108 Å². The molecule has 0 radical (unpaired) electrons. The number of imidazole rings is 1. The number of carbonyl (C=O) groups is 2. The first-order chi connectivity index (χ1) is 9.58. The third-order valence-corrected chi connectivity index (χ3v) is 3.22. The maximum Gasteiger partial charge on any atom is 0.326 e. The van der Waals surface area contributed by atoms with E-state index in [-0.39, 0.29) is 12.0 Å². The van der Waals surface area contributed by atoms with Crippen molar-refractivity contribution < 1.29 is 14.7 Å². The van der Waals surface area contributed by atoms with Gasteiger partial charge < -0.3 is 15.4 Å². The van der Waals surface area contributed by atoms with Crippen LogP contribution in [0.25, 0.3) is 0 Å². The molecule has 0 spiro atoms. The monoisotopic (exact) mass is 338 g/mol. The summed E-state index contributed by atoms with van der Waals surface area (Å²) in [7, 11) is 0. The Bertz CT molecular complexity index is 615. The molecule has 0 aromatic carbocycles. The van der Waals surface area contributed by atoms with Crippen LogP contribution in [0.1, 0.15) is 16.1 Å². The highest BCUT2D eigenvalue weighted by atomic mass is 79.9. The highest BCUT2D eigenvalue weighted by Crippen LogP contribution is 2.12. The summed E-state index contributed by atoms with van der Waals surface area (Å²) < 4.78 is 0.364. The zero-order valence-electron chi connectivity index (χ0n) is 10.2. The zero-order chi connectivity index (χ0) is 14.5. The summed E-state index contributed by atoms with van der Waals surface area (Å²) in [5.41, 5.74) is 0.909. The van der Waals surface area contributed by atoms with Crippen LogP contribution in [-0.4, -0.2) is 38.0 Å². The van der Waals surface area contributed by atoms with Crippen molar-refractivity contribution in [3.63, 3.8) is 0 Å². The maximum atomic E-state index is 12.0. The number of H-pyrrole nitrogens is 1. The van der Waals surface area contributed by atoms with Crippen molar-refractivity contribution in [2.75, 3.05) is 0 Å². The van der Waals surface area contributed by atoms with Crippen molar-refractivity contribution >= 4 is 27.8 Å². The molecule has 0 saturated carbocycles. The van der Waals surface area contributed by atoms with Crippen LogP contribution in [0.3, 0.4) is 0 Å². The quantitative estimate of drug-likeness (QED) is 0.704. The third kappa shape index (κ3) is 3.41. The number of nitrogens with zero attached hydrogens (tertiary/aromatic N) is 2. The number of aromatic nitrogens is 3. The molecule has 0 bridgehead atoms. The Balaban J connectivity index is 2.10. The highest BCUT2D eigenvalue weighted by molar-refractivity contribution is 9.10. The molecule has 2 aromatic rings. The molecule has 8 heteroatoms. The first kappa shape index (κ1) is 14.2. The molecule has 104 valence electrons. The van der Waals surface area contributed by atoms with Crippen LogP contribution in [0, 0.1) is 0 Å². The van der Waals surface area contributed by atoms with E-state index < -0.39 is 17.9 Å². The molecule has 0 fully saturated rings. The smallest absolute Gasteiger partial charge is 0.326 e. The average molecular weight is 339 g/mol. The molecule has 0 saturated heterocycles. The summed E-state index contributed by atoms with van der Waals surface area (Å²) in [6.07, 6.45) is 4.62. The summed E-state index contributed by atoms with van der Waals surface area (Å²) in [4.78, 5) is 33.8. The molecule has 1 atom stereocenters. The lowest BCUT2D eigenvalue weighted by Gasteiger charge is -2.14. The standard InChI is InChI=1S/C12H11BrN4O3/c13-10-8(2-1-3-15-10)11(18)17-9(12(19)20)4-7-5-14-6-16-7/h1-3,5-6,9H,4H2,(H,14,16)(H,17,18)(H,19,20). The fourth-order valence-electron chi connectivity index (χ4n) is 1.61. The van der Waals surface area contributed by atoms with Crippen molar-refractivity contribution in [2.45, 2.75) is 12.5 Å². The Morgan fingerprint density at radius 2 is 2.30 bits per heavy atom. The minimum absolute atomic E-state index is 0.124. The van der Waals surface area contributed by atoms with Gasteiger partial charge in [-0.05, 0) is 28.1 Å². The second-order valence-corrected chi connectivity index (χ2v) is 4.74. The number of hydrogen-bond acceptors (Lipinski definition) is 4. The van der Waals surface area contributed by atoms with Crippen LogP contribution in [0.2, 0.25) is 0 Å². The van der Waals surface area contributed by atoms with Gasteiger partial charge in [-0.25, -0.2) is 14.8 Å². The van der Waals surface area contributed by atoms with Gasteiger partial charge in [-0.15, -0.1) is 0 Å². The van der Waals surface area contributed by atoms with E-state index >= 15 is 0 Å². The summed E-state index contributed by atoms with van der Waals surface area (Å²) in [5, 5.41) is 11.6. The summed E-state index contributed by atoms with van der Waals surface area (Å²) in [5.74, 6) is -1.62. The van der Waals surface area contributed by atoms with Gasteiger partial charge in [0.1, 0.15) is 10.6 Å². The first-order valence-corrected chi connectivity index (χ1v) is 6.48. The molecule has 3 N–H and O–H groups in total. The molecule has 20 heavy (non-hydrogen) atoms. The van der Waals surface area contributed by atoms with Crippen LogP contribution < -0.4 is 5.32 Å². The lowest BCUT2D eigenvalue weighted by atomic mass is 10.1. The summed E-state index contributed by atoms with van der Waals surface area (Å²) >= 11 is 3.15. The van der Waals surface area contributed by atoms with E-state index in [0.29, 0.717) is 10.3 Å².